The van der Waals surface area contributed by atoms with Crippen molar-refractivity contribution in [1.82, 2.24) is 0 Å². The second-order valence-electron chi connectivity index (χ2n) is 10.1. The molecule has 0 aliphatic carbocycles. The quantitative estimate of drug-likeness (QED) is 0.0265. The third-order valence-corrected chi connectivity index (χ3v) is 7.77. The van der Waals surface area contributed by atoms with Gasteiger partial charge in [0, 0.05) is 15.4 Å². The SMILES string of the molecule is C#COc1ccc(C(=O)O)c(C(=O)Oc2ccc(Sc3ccc(OOCc4cc(OCCOc5ccccc5)ccc4C(=O)O)cc3)cc2)c1. The highest BCUT2D eigenvalue weighted by molar-refractivity contribution is 7.99. The highest BCUT2D eigenvalue weighted by Gasteiger charge is 2.20. The zero-order valence-corrected chi connectivity index (χ0v) is 27.0. The van der Waals surface area contributed by atoms with Gasteiger partial charge in [0.2, 0.25) is 0 Å². The number of benzene rings is 5. The second-order valence-corrected chi connectivity index (χ2v) is 11.3. The van der Waals surface area contributed by atoms with Crippen LogP contribution in [-0.2, 0) is 11.5 Å². The number of terminal acetylenes is 1. The molecule has 0 amide bonds. The number of rotatable bonds is 16. The van der Waals surface area contributed by atoms with Crippen LogP contribution in [0.3, 0.4) is 0 Å². The van der Waals surface area contributed by atoms with Crippen LogP contribution in [0.4, 0.5) is 0 Å². The van der Waals surface area contributed by atoms with Crippen molar-refractivity contribution < 1.29 is 53.3 Å². The molecule has 0 spiro atoms. The number of esters is 1. The summed E-state index contributed by atoms with van der Waals surface area (Å²) >= 11 is 1.43. The van der Waals surface area contributed by atoms with Gasteiger partial charge in [-0.2, -0.15) is 4.89 Å². The van der Waals surface area contributed by atoms with E-state index < -0.39 is 17.9 Å². The summed E-state index contributed by atoms with van der Waals surface area (Å²) in [4.78, 5) is 48.6. The summed E-state index contributed by atoms with van der Waals surface area (Å²) in [5.74, 6) is -1.37. The molecule has 0 saturated heterocycles. The van der Waals surface area contributed by atoms with E-state index in [0.29, 0.717) is 23.7 Å². The zero-order chi connectivity index (χ0) is 35.3. The average Bonchev–Trinajstić information content (AvgIpc) is 3.12. The van der Waals surface area contributed by atoms with Gasteiger partial charge in [-0.1, -0.05) is 36.4 Å². The van der Waals surface area contributed by atoms with Crippen molar-refractivity contribution in [3.05, 3.63) is 138 Å². The van der Waals surface area contributed by atoms with Crippen LogP contribution in [0.2, 0.25) is 0 Å². The van der Waals surface area contributed by atoms with Crippen LogP contribution >= 0.6 is 11.8 Å². The molecule has 0 aliphatic rings. The van der Waals surface area contributed by atoms with Crippen molar-refractivity contribution in [1.29, 1.82) is 0 Å². The first kappa shape index (κ1) is 34.9. The number of ether oxygens (including phenoxy) is 4. The molecule has 0 bridgehead atoms. The van der Waals surface area contributed by atoms with Gasteiger partial charge >= 0.3 is 17.9 Å². The topological polar surface area (TPSA) is 147 Å². The summed E-state index contributed by atoms with van der Waals surface area (Å²) in [6, 6.07) is 31.3. The molecule has 0 aliphatic heterocycles. The van der Waals surface area contributed by atoms with E-state index in [1.165, 1.54) is 36.0 Å². The Kier molecular flexibility index (Phi) is 11.9. The molecule has 12 heteroatoms. The van der Waals surface area contributed by atoms with Gasteiger partial charge in [0.05, 0.1) is 16.7 Å². The van der Waals surface area contributed by atoms with Crippen molar-refractivity contribution >= 4 is 29.7 Å². The monoisotopic (exact) mass is 692 g/mol. The van der Waals surface area contributed by atoms with Gasteiger partial charge in [-0.05, 0) is 97.1 Å². The number of carboxylic acids is 2. The molecule has 0 aromatic heterocycles. The maximum atomic E-state index is 12.8. The molecule has 50 heavy (non-hydrogen) atoms. The predicted octanol–water partition coefficient (Wildman–Crippen LogP) is 7.39. The minimum Gasteiger partial charge on any atom is -0.490 e. The van der Waals surface area contributed by atoms with E-state index in [4.69, 9.17) is 35.1 Å². The molecule has 11 nitrogen and oxygen atoms in total. The van der Waals surface area contributed by atoms with E-state index in [1.54, 1.807) is 48.5 Å². The van der Waals surface area contributed by atoms with Crippen LogP contribution < -0.4 is 23.8 Å². The largest absolute Gasteiger partial charge is 0.490 e. The molecule has 5 rings (SSSR count). The van der Waals surface area contributed by atoms with E-state index in [2.05, 4.69) is 0 Å². The molecule has 5 aromatic carbocycles. The highest BCUT2D eigenvalue weighted by atomic mass is 32.2. The lowest BCUT2D eigenvalue weighted by Crippen LogP contribution is -2.14. The Bertz CT molecular complexity index is 1990. The first-order valence-corrected chi connectivity index (χ1v) is 15.7. The molecule has 5 aromatic rings. The summed E-state index contributed by atoms with van der Waals surface area (Å²) in [6.45, 7) is 0.426. The normalized spacial score (nSPS) is 10.4. The standard InChI is InChI=1S/C38H28O11S/c1-2-44-30-13-19-34(37(41)42)35(23-30)38(43)48-27-8-14-31(15-9-27)50-32-16-10-28(11-17-32)49-47-24-25-22-29(12-18-33(25)36(39)40)46-21-20-45-26-6-4-3-5-7-26/h1,3-19,22-23H,20-21,24H2,(H,39,40)(H,41,42). The number of carbonyl (C=O) groups excluding carboxylic acids is 1. The minimum absolute atomic E-state index is 0.0582. The summed E-state index contributed by atoms with van der Waals surface area (Å²) in [5.41, 5.74) is -0.0349. The van der Waals surface area contributed by atoms with Crippen LogP contribution in [0.25, 0.3) is 0 Å². The van der Waals surface area contributed by atoms with Crippen LogP contribution in [0.15, 0.2) is 125 Å². The number of hydrogen-bond acceptors (Lipinski definition) is 10. The van der Waals surface area contributed by atoms with Crippen LogP contribution in [0.1, 0.15) is 36.6 Å². The van der Waals surface area contributed by atoms with Gasteiger partial charge in [0.25, 0.3) is 0 Å². The lowest BCUT2D eigenvalue weighted by Gasteiger charge is -2.12. The smallest absolute Gasteiger partial charge is 0.344 e. The fourth-order valence-corrected chi connectivity index (χ4v) is 5.25. The molecule has 0 fully saturated rings. The first-order chi connectivity index (χ1) is 24.3. The molecule has 252 valence electrons. The van der Waals surface area contributed by atoms with Crippen molar-refractivity contribution in [2.24, 2.45) is 0 Å². The molecule has 0 radical (unpaired) electrons. The molecule has 2 N–H and O–H groups in total. The lowest BCUT2D eigenvalue weighted by atomic mass is 10.1. The van der Waals surface area contributed by atoms with Gasteiger partial charge in [0.15, 0.2) is 5.75 Å². The Morgan fingerprint density at radius 2 is 1.20 bits per heavy atom. The molecular formula is C38H28O11S. The fraction of sp³-hybridized carbons (Fsp3) is 0.0789. The number of para-hydroxylation sites is 1. The average molecular weight is 693 g/mol. The lowest BCUT2D eigenvalue weighted by molar-refractivity contribution is -0.217. The molecular weight excluding hydrogens is 664 g/mol. The Morgan fingerprint density at radius 3 is 1.84 bits per heavy atom. The Morgan fingerprint density at radius 1 is 0.620 bits per heavy atom. The van der Waals surface area contributed by atoms with Gasteiger partial charge < -0.3 is 34.0 Å². The van der Waals surface area contributed by atoms with Crippen LogP contribution in [-0.4, -0.2) is 41.3 Å². The third kappa shape index (κ3) is 9.80. The van der Waals surface area contributed by atoms with Gasteiger partial charge in [-0.3, -0.25) is 0 Å². The predicted molar refractivity (Wildman–Crippen MR) is 181 cm³/mol. The summed E-state index contributed by atoms with van der Waals surface area (Å²) in [6.07, 6.45) is 7.10. The third-order valence-electron chi connectivity index (χ3n) is 6.75. The number of aromatic carboxylic acids is 2. The highest BCUT2D eigenvalue weighted by Crippen LogP contribution is 2.31. The van der Waals surface area contributed by atoms with Gasteiger partial charge in [-0.15, -0.1) is 0 Å². The van der Waals surface area contributed by atoms with Crippen molar-refractivity contribution in [2.45, 2.75) is 16.4 Å². The van der Waals surface area contributed by atoms with Gasteiger partial charge in [0.1, 0.15) is 48.9 Å². The maximum absolute atomic E-state index is 12.8. The first-order valence-electron chi connectivity index (χ1n) is 14.9. The number of carbonyl (C=O) groups is 3. The maximum Gasteiger partial charge on any atom is 0.344 e. The van der Waals surface area contributed by atoms with Crippen LogP contribution in [0.5, 0.6) is 28.7 Å². The van der Waals surface area contributed by atoms with E-state index in [0.717, 1.165) is 15.5 Å². The molecule has 0 unspecified atom stereocenters. The Labute approximate surface area is 290 Å². The van der Waals surface area contributed by atoms with Crippen molar-refractivity contribution in [2.75, 3.05) is 13.2 Å². The number of carboxylic acid groups (broad SMARTS) is 2. The van der Waals surface area contributed by atoms with E-state index in [-0.39, 0.29) is 41.4 Å². The van der Waals surface area contributed by atoms with Crippen molar-refractivity contribution in [3.8, 4) is 41.3 Å². The van der Waals surface area contributed by atoms with E-state index in [1.807, 2.05) is 48.6 Å². The summed E-state index contributed by atoms with van der Waals surface area (Å²) in [7, 11) is 0. The van der Waals surface area contributed by atoms with Crippen LogP contribution in [0, 0.1) is 12.5 Å². The van der Waals surface area contributed by atoms with E-state index in [9.17, 15) is 24.6 Å². The summed E-state index contributed by atoms with van der Waals surface area (Å²) < 4.78 is 21.7. The Balaban J connectivity index is 1.11. The summed E-state index contributed by atoms with van der Waals surface area (Å²) in [5, 5.41) is 19.1. The van der Waals surface area contributed by atoms with Crippen molar-refractivity contribution in [3.63, 3.8) is 0 Å². The molecule has 0 heterocycles. The minimum atomic E-state index is -1.30. The zero-order valence-electron chi connectivity index (χ0n) is 26.1. The fourth-order valence-electron chi connectivity index (χ4n) is 4.43. The second kappa shape index (κ2) is 17.1. The molecule has 0 saturated carbocycles. The molecule has 0 atom stereocenters. The Hall–Kier alpha value is -6.42. The number of hydrogen-bond donors (Lipinski definition) is 2. The van der Waals surface area contributed by atoms with E-state index >= 15 is 0 Å². The van der Waals surface area contributed by atoms with Gasteiger partial charge in [-0.25, -0.2) is 14.4 Å².